The van der Waals surface area contributed by atoms with Crippen LogP contribution in [-0.2, 0) is 47.9 Å². The number of amides is 3. The van der Waals surface area contributed by atoms with Gasteiger partial charge in [-0.05, 0) is 44.9 Å². The topological polar surface area (TPSA) is 308 Å². The maximum absolute atomic E-state index is 12.5. The van der Waals surface area contributed by atoms with Gasteiger partial charge >= 0.3 is 23.9 Å². The number of aliphatic hydroxyl groups excluding tert-OH is 1. The Labute approximate surface area is 301 Å². The fraction of sp³-hybridized carbons (Fsp3) is 0.706. The molecule has 0 aliphatic heterocycles. The number of carbonyl (C=O) groups excluding carboxylic acids is 6. The number of carboxylic acids is 4. The van der Waals surface area contributed by atoms with Crippen molar-refractivity contribution < 1.29 is 73.5 Å². The fourth-order valence-corrected chi connectivity index (χ4v) is 5.21. The standard InChI is InChI=1S/C34H53N3O15/c1-3-20(27(41)19-38)7-5-6-16-35-28(42)15-12-26(34(51)52)37-30(44)14-9-22(32(47)48)18-24(40)10-11-25(33(49)50)36-29(43)13-8-21(31(45)46)17-23(39)4-2/h20-22,25-26,38H,3-19H2,1-2H3,(H,35,42)(H,36,43)(H,37,44)(H,45,46)(H,47,48)(H,49,50)(H,51,52)/t20-,21+,22+,25-,26-/m0/s1. The van der Waals surface area contributed by atoms with Crippen molar-refractivity contribution in [2.75, 3.05) is 13.2 Å². The maximum atomic E-state index is 12.5. The highest BCUT2D eigenvalue weighted by atomic mass is 16.4. The quantitative estimate of drug-likeness (QED) is 0.0457. The molecular formula is C34H53N3O15. The third-order valence-electron chi connectivity index (χ3n) is 8.52. The van der Waals surface area contributed by atoms with E-state index in [1.165, 1.54) is 0 Å². The zero-order valence-electron chi connectivity index (χ0n) is 29.7. The lowest BCUT2D eigenvalue weighted by molar-refractivity contribution is -0.145. The van der Waals surface area contributed by atoms with Gasteiger partial charge in [0.05, 0.1) is 11.8 Å². The summed E-state index contributed by atoms with van der Waals surface area (Å²) in [6.45, 7) is 3.16. The molecule has 0 bridgehead atoms. The van der Waals surface area contributed by atoms with Gasteiger partial charge in [0, 0.05) is 57.4 Å². The van der Waals surface area contributed by atoms with Crippen LogP contribution in [0.4, 0.5) is 0 Å². The Bertz CT molecular complexity index is 1270. The molecular weight excluding hydrogens is 690 g/mol. The molecule has 294 valence electrons. The normalized spacial score (nSPS) is 13.8. The molecule has 0 spiro atoms. The first-order valence-electron chi connectivity index (χ1n) is 17.4. The number of carbonyl (C=O) groups is 10. The molecule has 0 saturated carbocycles. The van der Waals surface area contributed by atoms with E-state index in [1.54, 1.807) is 6.92 Å². The van der Waals surface area contributed by atoms with Gasteiger partial charge in [-0.1, -0.05) is 20.3 Å². The van der Waals surface area contributed by atoms with Crippen LogP contribution in [0.5, 0.6) is 0 Å². The van der Waals surface area contributed by atoms with Gasteiger partial charge in [0.1, 0.15) is 30.3 Å². The Kier molecular flexibility index (Phi) is 23.7. The summed E-state index contributed by atoms with van der Waals surface area (Å²) in [6, 6.07) is -2.99. The van der Waals surface area contributed by atoms with Gasteiger partial charge in [-0.25, -0.2) is 9.59 Å². The molecule has 0 aromatic carbocycles. The van der Waals surface area contributed by atoms with E-state index in [2.05, 4.69) is 16.0 Å². The average Bonchev–Trinajstić information content (AvgIpc) is 3.08. The van der Waals surface area contributed by atoms with Gasteiger partial charge in [-0.15, -0.1) is 0 Å². The van der Waals surface area contributed by atoms with Gasteiger partial charge in [0.25, 0.3) is 0 Å². The third kappa shape index (κ3) is 20.8. The van der Waals surface area contributed by atoms with Crippen molar-refractivity contribution in [1.82, 2.24) is 16.0 Å². The lowest BCUT2D eigenvalue weighted by Crippen LogP contribution is -2.42. The van der Waals surface area contributed by atoms with Crippen LogP contribution < -0.4 is 16.0 Å². The van der Waals surface area contributed by atoms with Crippen LogP contribution in [0.1, 0.15) is 110 Å². The highest BCUT2D eigenvalue weighted by Crippen LogP contribution is 2.17. The summed E-state index contributed by atoms with van der Waals surface area (Å²) in [5, 5.41) is 53.8. The van der Waals surface area contributed by atoms with E-state index in [-0.39, 0.29) is 69.0 Å². The second-order valence-corrected chi connectivity index (χ2v) is 12.6. The summed E-state index contributed by atoms with van der Waals surface area (Å²) in [5.41, 5.74) is 0. The van der Waals surface area contributed by atoms with Gasteiger partial charge in [-0.2, -0.15) is 0 Å². The van der Waals surface area contributed by atoms with Crippen molar-refractivity contribution in [3.8, 4) is 0 Å². The molecule has 18 nitrogen and oxygen atoms in total. The number of Topliss-reactive ketones (excluding diaryl/α,β-unsaturated/α-hetero) is 3. The van der Waals surface area contributed by atoms with E-state index >= 15 is 0 Å². The Morgan fingerprint density at radius 2 is 0.981 bits per heavy atom. The van der Waals surface area contributed by atoms with Crippen molar-refractivity contribution in [2.45, 2.75) is 122 Å². The smallest absolute Gasteiger partial charge is 0.326 e. The molecule has 0 saturated heterocycles. The number of aliphatic carboxylic acids is 4. The fourth-order valence-electron chi connectivity index (χ4n) is 5.21. The zero-order chi connectivity index (χ0) is 39.8. The first-order chi connectivity index (χ1) is 24.4. The van der Waals surface area contributed by atoms with Crippen LogP contribution in [0.25, 0.3) is 0 Å². The summed E-state index contributed by atoms with van der Waals surface area (Å²) >= 11 is 0. The number of unbranched alkanes of at least 4 members (excludes halogenated alkanes) is 1. The van der Waals surface area contributed by atoms with Crippen LogP contribution >= 0.6 is 0 Å². The van der Waals surface area contributed by atoms with Crippen LogP contribution in [0.3, 0.4) is 0 Å². The Morgan fingerprint density at radius 3 is 1.40 bits per heavy atom. The van der Waals surface area contributed by atoms with Crippen molar-refractivity contribution >= 4 is 58.9 Å². The van der Waals surface area contributed by atoms with E-state index in [9.17, 15) is 68.4 Å². The van der Waals surface area contributed by atoms with Crippen molar-refractivity contribution in [2.24, 2.45) is 17.8 Å². The number of hydrogen-bond donors (Lipinski definition) is 8. The van der Waals surface area contributed by atoms with Crippen LogP contribution in [0, 0.1) is 17.8 Å². The molecule has 0 fully saturated rings. The minimum atomic E-state index is -1.54. The molecule has 3 amide bonds. The van der Waals surface area contributed by atoms with E-state index in [0.717, 1.165) is 0 Å². The minimum Gasteiger partial charge on any atom is -0.481 e. The number of ketones is 3. The van der Waals surface area contributed by atoms with Crippen molar-refractivity contribution in [3.05, 3.63) is 0 Å². The van der Waals surface area contributed by atoms with Gasteiger partial charge in [0.2, 0.25) is 17.7 Å². The molecule has 5 atom stereocenters. The maximum Gasteiger partial charge on any atom is 0.326 e. The summed E-state index contributed by atoms with van der Waals surface area (Å²) in [6.07, 6.45) is -1.14. The average molecular weight is 744 g/mol. The molecule has 18 heteroatoms. The zero-order valence-corrected chi connectivity index (χ0v) is 29.7. The third-order valence-corrected chi connectivity index (χ3v) is 8.52. The highest BCUT2D eigenvalue weighted by molar-refractivity contribution is 5.88. The van der Waals surface area contributed by atoms with Crippen LogP contribution in [0.2, 0.25) is 0 Å². The Balaban J connectivity index is 4.81. The number of nitrogens with one attached hydrogen (secondary N) is 3. The van der Waals surface area contributed by atoms with E-state index in [1.807, 2.05) is 6.92 Å². The summed E-state index contributed by atoms with van der Waals surface area (Å²) < 4.78 is 0. The molecule has 0 rings (SSSR count). The Hall–Kier alpha value is -4.74. The highest BCUT2D eigenvalue weighted by Gasteiger charge is 2.28. The first-order valence-corrected chi connectivity index (χ1v) is 17.4. The predicted molar refractivity (Wildman–Crippen MR) is 181 cm³/mol. The first kappa shape index (κ1) is 47.3. The Morgan fingerprint density at radius 1 is 0.519 bits per heavy atom. The molecule has 8 N–H and O–H groups in total. The number of aliphatic hydroxyl groups is 1. The minimum absolute atomic E-state index is 0.121. The van der Waals surface area contributed by atoms with E-state index in [4.69, 9.17) is 5.11 Å². The van der Waals surface area contributed by atoms with Crippen LogP contribution in [-0.4, -0.2) is 110 Å². The SMILES string of the molecule is CCC(=O)C[C@@H](CCC(=O)N[C@@H](CCC(=O)C[C@@H](CCC(=O)N[C@@H](CCC(=O)NCCCC[C@H](CC)C(=O)CO)C(=O)O)C(=O)O)C(=O)O)C(=O)O. The lowest BCUT2D eigenvalue weighted by Gasteiger charge is -2.17. The summed E-state index contributed by atoms with van der Waals surface area (Å²) in [7, 11) is 0. The number of hydrogen-bond acceptors (Lipinski definition) is 11. The predicted octanol–water partition coefficient (Wildman–Crippen LogP) is 0.850. The van der Waals surface area contributed by atoms with Crippen molar-refractivity contribution in [3.63, 3.8) is 0 Å². The lowest BCUT2D eigenvalue weighted by atomic mass is 9.94. The number of carboxylic acid groups (broad SMARTS) is 4. The monoisotopic (exact) mass is 743 g/mol. The molecule has 52 heavy (non-hydrogen) atoms. The van der Waals surface area contributed by atoms with E-state index < -0.39 is 104 Å². The largest absolute Gasteiger partial charge is 0.481 e. The molecule has 0 heterocycles. The van der Waals surface area contributed by atoms with Gasteiger partial charge in [-0.3, -0.25) is 38.4 Å². The van der Waals surface area contributed by atoms with Crippen molar-refractivity contribution in [1.29, 1.82) is 0 Å². The second kappa shape index (κ2) is 26.1. The molecule has 0 aliphatic carbocycles. The molecule has 0 aliphatic rings. The molecule has 0 unspecified atom stereocenters. The van der Waals surface area contributed by atoms with Crippen LogP contribution in [0.15, 0.2) is 0 Å². The van der Waals surface area contributed by atoms with Gasteiger partial charge < -0.3 is 41.5 Å². The van der Waals surface area contributed by atoms with E-state index in [0.29, 0.717) is 25.7 Å². The second-order valence-electron chi connectivity index (χ2n) is 12.6. The van der Waals surface area contributed by atoms with Gasteiger partial charge in [0.15, 0.2) is 5.78 Å². The molecule has 0 radical (unpaired) electrons. The molecule has 0 aromatic rings. The molecule has 0 aromatic heterocycles. The number of rotatable bonds is 31. The summed E-state index contributed by atoms with van der Waals surface area (Å²) in [4.78, 5) is 119. The summed E-state index contributed by atoms with van der Waals surface area (Å²) in [5.74, 6) is -11.7.